The van der Waals surface area contributed by atoms with Gasteiger partial charge in [0.05, 0.1) is 6.20 Å². The molecule has 0 amide bonds. The van der Waals surface area contributed by atoms with Crippen LogP contribution in [0.1, 0.15) is 33.6 Å². The number of nitrogens with one attached hydrogen (secondary N) is 1. The van der Waals surface area contributed by atoms with Crippen molar-refractivity contribution in [2.24, 2.45) is 0 Å². The molecule has 0 radical (unpaired) electrons. The van der Waals surface area contributed by atoms with Gasteiger partial charge in [0.15, 0.2) is 0 Å². The van der Waals surface area contributed by atoms with Crippen LogP contribution in [-0.4, -0.2) is 10.5 Å². The molecule has 1 aromatic rings. The third-order valence-electron chi connectivity index (χ3n) is 2.72. The lowest BCUT2D eigenvalue weighted by molar-refractivity contribution is 0.476. The maximum Gasteiger partial charge on any atom is 0.141 e. The highest BCUT2D eigenvalue weighted by atomic mass is 19.1. The Hall–Kier alpha value is -1.12. The molecule has 0 aromatic carbocycles. The average molecular weight is 196 g/mol. The number of aromatic nitrogens is 1. The van der Waals surface area contributed by atoms with Gasteiger partial charge in [-0.05, 0) is 31.9 Å². The topological polar surface area (TPSA) is 24.9 Å². The van der Waals surface area contributed by atoms with Gasteiger partial charge in [-0.3, -0.25) is 0 Å². The van der Waals surface area contributed by atoms with E-state index in [1.165, 1.54) is 12.3 Å². The van der Waals surface area contributed by atoms with Gasteiger partial charge >= 0.3 is 0 Å². The Kier molecular flexibility index (Phi) is 3.44. The first-order chi connectivity index (χ1) is 6.59. The molecule has 78 valence electrons. The Bertz CT molecular complexity index is 278. The zero-order valence-corrected chi connectivity index (χ0v) is 8.97. The number of hydrogen-bond donors (Lipinski definition) is 1. The maximum absolute atomic E-state index is 12.6. The number of rotatable bonds is 4. The van der Waals surface area contributed by atoms with Crippen molar-refractivity contribution in [2.75, 3.05) is 5.32 Å². The minimum atomic E-state index is -0.301. The standard InChI is InChI=1S/C11H17FN2/c1-4-11(3,5-2)14-10-7-6-9(12)8-13-10/h6-8H,4-5H2,1-3H3,(H,13,14). The minimum Gasteiger partial charge on any atom is -0.365 e. The van der Waals surface area contributed by atoms with E-state index in [-0.39, 0.29) is 11.4 Å². The summed E-state index contributed by atoms with van der Waals surface area (Å²) >= 11 is 0. The van der Waals surface area contributed by atoms with Gasteiger partial charge in [0.25, 0.3) is 0 Å². The van der Waals surface area contributed by atoms with Crippen molar-refractivity contribution < 1.29 is 4.39 Å². The van der Waals surface area contributed by atoms with Crippen LogP contribution in [0.4, 0.5) is 10.2 Å². The second-order valence-electron chi connectivity index (χ2n) is 3.75. The Morgan fingerprint density at radius 2 is 2.00 bits per heavy atom. The lowest BCUT2D eigenvalue weighted by Crippen LogP contribution is -2.33. The van der Waals surface area contributed by atoms with E-state index < -0.39 is 0 Å². The fourth-order valence-electron chi connectivity index (χ4n) is 1.19. The van der Waals surface area contributed by atoms with Gasteiger partial charge in [-0.1, -0.05) is 13.8 Å². The van der Waals surface area contributed by atoms with E-state index in [1.807, 2.05) is 0 Å². The summed E-state index contributed by atoms with van der Waals surface area (Å²) in [5, 5.41) is 3.30. The van der Waals surface area contributed by atoms with Crippen LogP contribution in [0, 0.1) is 5.82 Å². The van der Waals surface area contributed by atoms with E-state index >= 15 is 0 Å². The van der Waals surface area contributed by atoms with E-state index in [0.29, 0.717) is 0 Å². The van der Waals surface area contributed by atoms with Crippen LogP contribution in [0.25, 0.3) is 0 Å². The highest BCUT2D eigenvalue weighted by Gasteiger charge is 2.19. The fourth-order valence-corrected chi connectivity index (χ4v) is 1.19. The van der Waals surface area contributed by atoms with Crippen molar-refractivity contribution in [2.45, 2.75) is 39.2 Å². The lowest BCUT2D eigenvalue weighted by Gasteiger charge is -2.28. The van der Waals surface area contributed by atoms with Gasteiger partial charge < -0.3 is 5.32 Å². The Morgan fingerprint density at radius 3 is 2.43 bits per heavy atom. The molecule has 0 aliphatic heterocycles. The van der Waals surface area contributed by atoms with Gasteiger partial charge in [-0.25, -0.2) is 9.37 Å². The first-order valence-corrected chi connectivity index (χ1v) is 4.99. The maximum atomic E-state index is 12.6. The quantitative estimate of drug-likeness (QED) is 0.799. The summed E-state index contributed by atoms with van der Waals surface area (Å²) in [6, 6.07) is 3.08. The van der Waals surface area contributed by atoms with Crippen LogP contribution in [-0.2, 0) is 0 Å². The summed E-state index contributed by atoms with van der Waals surface area (Å²) < 4.78 is 12.6. The fraction of sp³-hybridized carbons (Fsp3) is 0.545. The zero-order valence-electron chi connectivity index (χ0n) is 8.97. The summed E-state index contributed by atoms with van der Waals surface area (Å²) in [5.74, 6) is 0.433. The van der Waals surface area contributed by atoms with Gasteiger partial charge in [-0.15, -0.1) is 0 Å². The van der Waals surface area contributed by atoms with Gasteiger partial charge in [0.1, 0.15) is 11.6 Å². The third-order valence-corrected chi connectivity index (χ3v) is 2.72. The highest BCUT2D eigenvalue weighted by molar-refractivity contribution is 5.36. The van der Waals surface area contributed by atoms with E-state index in [9.17, 15) is 4.39 Å². The van der Waals surface area contributed by atoms with E-state index in [0.717, 1.165) is 18.7 Å². The van der Waals surface area contributed by atoms with Crippen molar-refractivity contribution in [1.29, 1.82) is 0 Å². The molecular formula is C11H17FN2. The van der Waals surface area contributed by atoms with Gasteiger partial charge in [0, 0.05) is 5.54 Å². The molecular weight excluding hydrogens is 179 g/mol. The predicted molar refractivity (Wildman–Crippen MR) is 56.8 cm³/mol. The summed E-state index contributed by atoms with van der Waals surface area (Å²) in [4.78, 5) is 3.97. The largest absolute Gasteiger partial charge is 0.365 e. The molecule has 1 N–H and O–H groups in total. The third kappa shape index (κ3) is 2.69. The SMILES string of the molecule is CCC(C)(CC)Nc1ccc(F)cn1. The van der Waals surface area contributed by atoms with Crippen molar-refractivity contribution in [3.63, 3.8) is 0 Å². The molecule has 0 aliphatic rings. The molecule has 0 bridgehead atoms. The first-order valence-electron chi connectivity index (χ1n) is 4.99. The van der Waals surface area contributed by atoms with Crippen molar-refractivity contribution >= 4 is 5.82 Å². The molecule has 1 heterocycles. The molecule has 3 heteroatoms. The normalized spacial score (nSPS) is 11.4. The Labute approximate surface area is 84.6 Å². The van der Waals surface area contributed by atoms with Crippen LogP contribution in [0.15, 0.2) is 18.3 Å². The molecule has 0 saturated heterocycles. The first kappa shape index (κ1) is 11.0. The highest BCUT2D eigenvalue weighted by Crippen LogP contribution is 2.19. The second kappa shape index (κ2) is 4.40. The van der Waals surface area contributed by atoms with Crippen LogP contribution < -0.4 is 5.32 Å². The minimum absolute atomic E-state index is 0.0465. The molecule has 2 nitrogen and oxygen atoms in total. The molecule has 0 fully saturated rings. The van der Waals surface area contributed by atoms with E-state index in [1.54, 1.807) is 6.07 Å². The number of nitrogens with zero attached hydrogens (tertiary/aromatic N) is 1. The summed E-state index contributed by atoms with van der Waals surface area (Å²) in [6.45, 7) is 6.39. The van der Waals surface area contributed by atoms with Crippen LogP contribution in [0.5, 0.6) is 0 Å². The molecule has 1 aromatic heterocycles. The predicted octanol–water partition coefficient (Wildman–Crippen LogP) is 3.21. The number of pyridine rings is 1. The lowest BCUT2D eigenvalue weighted by atomic mass is 9.96. The molecule has 0 atom stereocenters. The Balaban J connectivity index is 2.72. The van der Waals surface area contributed by atoms with Crippen LogP contribution in [0.2, 0.25) is 0 Å². The Morgan fingerprint density at radius 1 is 1.36 bits per heavy atom. The zero-order chi connectivity index (χ0) is 10.6. The van der Waals surface area contributed by atoms with Gasteiger partial charge in [-0.2, -0.15) is 0 Å². The number of halogens is 1. The second-order valence-corrected chi connectivity index (χ2v) is 3.75. The smallest absolute Gasteiger partial charge is 0.141 e. The van der Waals surface area contributed by atoms with Crippen LogP contribution in [0.3, 0.4) is 0 Å². The summed E-state index contributed by atoms with van der Waals surface area (Å²) in [7, 11) is 0. The number of hydrogen-bond acceptors (Lipinski definition) is 2. The van der Waals surface area contributed by atoms with Crippen molar-refractivity contribution in [1.82, 2.24) is 4.98 Å². The number of anilines is 1. The molecule has 1 rings (SSSR count). The molecule has 0 aliphatic carbocycles. The molecule has 0 unspecified atom stereocenters. The van der Waals surface area contributed by atoms with E-state index in [4.69, 9.17) is 0 Å². The summed E-state index contributed by atoms with van der Waals surface area (Å²) in [6.07, 6.45) is 3.26. The van der Waals surface area contributed by atoms with Gasteiger partial charge in [0.2, 0.25) is 0 Å². The monoisotopic (exact) mass is 196 g/mol. The van der Waals surface area contributed by atoms with Crippen molar-refractivity contribution in [3.05, 3.63) is 24.1 Å². The molecule has 0 saturated carbocycles. The molecule has 0 spiro atoms. The van der Waals surface area contributed by atoms with E-state index in [2.05, 4.69) is 31.1 Å². The van der Waals surface area contributed by atoms with Crippen LogP contribution >= 0.6 is 0 Å². The molecule has 14 heavy (non-hydrogen) atoms. The average Bonchev–Trinajstić information content (AvgIpc) is 2.21. The summed E-state index contributed by atoms with van der Waals surface area (Å²) in [5.41, 5.74) is 0.0465. The van der Waals surface area contributed by atoms with Crippen molar-refractivity contribution in [3.8, 4) is 0 Å².